The molecule has 1 saturated heterocycles. The molecular formula is C14H12ClNO4. The Kier molecular flexibility index (Phi) is 3.14. The first-order valence-electron chi connectivity index (χ1n) is 6.26. The zero-order valence-electron chi connectivity index (χ0n) is 10.5. The van der Waals surface area contributed by atoms with Gasteiger partial charge < -0.3 is 14.4 Å². The quantitative estimate of drug-likeness (QED) is 0.924. The molecule has 2 aromatic rings. The number of rotatable bonds is 2. The molecule has 0 aliphatic carbocycles. The normalized spacial score (nSPS) is 18.6. The van der Waals surface area contributed by atoms with E-state index in [-0.39, 0.29) is 18.2 Å². The number of likely N-dealkylation sites (tertiary alicyclic amines) is 1. The fourth-order valence-electron chi connectivity index (χ4n) is 2.44. The SMILES string of the molecule is O=C(O)[C@H]1CCN(C(=O)c2cc3cccc(Cl)c3o2)C1. The van der Waals surface area contributed by atoms with Crippen LogP contribution in [-0.2, 0) is 4.79 Å². The second kappa shape index (κ2) is 4.83. The van der Waals surface area contributed by atoms with Crippen LogP contribution in [0.3, 0.4) is 0 Å². The van der Waals surface area contributed by atoms with Gasteiger partial charge in [0.15, 0.2) is 11.3 Å². The molecule has 20 heavy (non-hydrogen) atoms. The number of halogens is 1. The molecule has 0 unspecified atom stereocenters. The lowest BCUT2D eigenvalue weighted by molar-refractivity contribution is -0.141. The van der Waals surface area contributed by atoms with Crippen LogP contribution in [0.4, 0.5) is 0 Å². The summed E-state index contributed by atoms with van der Waals surface area (Å²) in [4.78, 5) is 24.7. The Morgan fingerprint density at radius 1 is 1.40 bits per heavy atom. The van der Waals surface area contributed by atoms with Gasteiger partial charge in [0, 0.05) is 18.5 Å². The van der Waals surface area contributed by atoms with E-state index in [0.29, 0.717) is 23.6 Å². The third-order valence-electron chi connectivity index (χ3n) is 3.53. The van der Waals surface area contributed by atoms with Crippen LogP contribution < -0.4 is 0 Å². The van der Waals surface area contributed by atoms with Crippen LogP contribution in [0.5, 0.6) is 0 Å². The summed E-state index contributed by atoms with van der Waals surface area (Å²) in [5, 5.41) is 10.2. The number of carboxylic acids is 1. The molecule has 1 aliphatic heterocycles. The number of carbonyl (C=O) groups excluding carboxylic acids is 1. The molecular weight excluding hydrogens is 282 g/mol. The van der Waals surface area contributed by atoms with Crippen molar-refractivity contribution in [3.63, 3.8) is 0 Å². The van der Waals surface area contributed by atoms with Crippen molar-refractivity contribution in [2.24, 2.45) is 5.92 Å². The van der Waals surface area contributed by atoms with E-state index >= 15 is 0 Å². The molecule has 2 heterocycles. The van der Waals surface area contributed by atoms with Gasteiger partial charge in [0.05, 0.1) is 10.9 Å². The first kappa shape index (κ1) is 13.0. The van der Waals surface area contributed by atoms with E-state index in [1.165, 1.54) is 4.90 Å². The third kappa shape index (κ3) is 2.14. The maximum atomic E-state index is 12.3. The Hall–Kier alpha value is -2.01. The topological polar surface area (TPSA) is 70.8 Å². The standard InChI is InChI=1S/C14H12ClNO4/c15-10-3-1-2-8-6-11(20-12(8)10)13(17)16-5-4-9(7-16)14(18)19/h1-3,6,9H,4-5,7H2,(H,18,19)/t9-/m0/s1. The Bertz CT molecular complexity index is 694. The molecule has 1 amide bonds. The van der Waals surface area contributed by atoms with Crippen molar-refractivity contribution in [3.8, 4) is 0 Å². The Balaban J connectivity index is 1.86. The molecule has 0 spiro atoms. The van der Waals surface area contributed by atoms with E-state index < -0.39 is 11.9 Å². The molecule has 1 fully saturated rings. The van der Waals surface area contributed by atoms with E-state index in [0.717, 1.165) is 5.39 Å². The maximum absolute atomic E-state index is 12.3. The van der Waals surface area contributed by atoms with Gasteiger partial charge in [-0.1, -0.05) is 23.7 Å². The highest BCUT2D eigenvalue weighted by Gasteiger charge is 2.32. The van der Waals surface area contributed by atoms with Gasteiger partial charge in [0.2, 0.25) is 0 Å². The van der Waals surface area contributed by atoms with E-state index in [4.69, 9.17) is 21.1 Å². The summed E-state index contributed by atoms with van der Waals surface area (Å²) in [5.74, 6) is -1.46. The molecule has 104 valence electrons. The molecule has 0 bridgehead atoms. The van der Waals surface area contributed by atoms with Crippen LogP contribution in [0.1, 0.15) is 17.0 Å². The number of carboxylic acid groups (broad SMARTS) is 1. The van der Waals surface area contributed by atoms with Crippen molar-refractivity contribution in [2.75, 3.05) is 13.1 Å². The number of amides is 1. The second-order valence-electron chi connectivity index (χ2n) is 4.84. The predicted octanol–water partition coefficient (Wildman–Crippen LogP) is 2.63. The summed E-state index contributed by atoms with van der Waals surface area (Å²) in [7, 11) is 0. The first-order valence-corrected chi connectivity index (χ1v) is 6.64. The van der Waals surface area contributed by atoms with Crippen LogP contribution in [-0.4, -0.2) is 35.0 Å². The number of hydrogen-bond donors (Lipinski definition) is 1. The molecule has 1 N–H and O–H groups in total. The first-order chi connectivity index (χ1) is 9.56. The molecule has 1 aromatic heterocycles. The van der Waals surface area contributed by atoms with Crippen molar-refractivity contribution in [1.82, 2.24) is 4.90 Å². The molecule has 0 radical (unpaired) electrons. The van der Waals surface area contributed by atoms with E-state index in [9.17, 15) is 9.59 Å². The second-order valence-corrected chi connectivity index (χ2v) is 5.25. The van der Waals surface area contributed by atoms with Gasteiger partial charge in [0.25, 0.3) is 5.91 Å². The van der Waals surface area contributed by atoms with E-state index in [1.807, 2.05) is 6.07 Å². The Morgan fingerprint density at radius 2 is 2.20 bits per heavy atom. The molecule has 0 saturated carbocycles. The minimum absolute atomic E-state index is 0.194. The molecule has 1 atom stereocenters. The number of carbonyl (C=O) groups is 2. The molecule has 1 aliphatic rings. The molecule has 5 nitrogen and oxygen atoms in total. The van der Waals surface area contributed by atoms with Gasteiger partial charge in [-0.3, -0.25) is 9.59 Å². The summed E-state index contributed by atoms with van der Waals surface area (Å²) in [6.07, 6.45) is 0.474. The smallest absolute Gasteiger partial charge is 0.308 e. The number of benzene rings is 1. The van der Waals surface area contributed by atoms with Gasteiger partial charge in [-0.25, -0.2) is 0 Å². The molecule has 6 heteroatoms. The number of fused-ring (bicyclic) bond motifs is 1. The molecule has 3 rings (SSSR count). The van der Waals surface area contributed by atoms with Crippen molar-refractivity contribution in [1.29, 1.82) is 0 Å². The number of hydrogen-bond acceptors (Lipinski definition) is 3. The van der Waals surface area contributed by atoms with Gasteiger partial charge in [-0.2, -0.15) is 0 Å². The van der Waals surface area contributed by atoms with Crippen molar-refractivity contribution in [2.45, 2.75) is 6.42 Å². The van der Waals surface area contributed by atoms with Crippen LogP contribution in [0, 0.1) is 5.92 Å². The third-order valence-corrected chi connectivity index (χ3v) is 3.83. The highest BCUT2D eigenvalue weighted by molar-refractivity contribution is 6.34. The lowest BCUT2D eigenvalue weighted by Gasteiger charge is -2.13. The van der Waals surface area contributed by atoms with Crippen LogP contribution in [0.15, 0.2) is 28.7 Å². The summed E-state index contributed by atoms with van der Waals surface area (Å²) in [6, 6.07) is 6.92. The largest absolute Gasteiger partial charge is 0.481 e. The zero-order chi connectivity index (χ0) is 14.3. The summed E-state index contributed by atoms with van der Waals surface area (Å²) < 4.78 is 5.50. The summed E-state index contributed by atoms with van der Waals surface area (Å²) >= 11 is 6.00. The summed E-state index contributed by atoms with van der Waals surface area (Å²) in [5.41, 5.74) is 0.478. The summed E-state index contributed by atoms with van der Waals surface area (Å²) in [6.45, 7) is 0.652. The average Bonchev–Trinajstić information content (AvgIpc) is 3.05. The minimum atomic E-state index is -0.868. The highest BCUT2D eigenvalue weighted by atomic mass is 35.5. The number of para-hydroxylation sites is 1. The van der Waals surface area contributed by atoms with Gasteiger partial charge in [0.1, 0.15) is 0 Å². The number of nitrogens with zero attached hydrogens (tertiary/aromatic N) is 1. The van der Waals surface area contributed by atoms with Crippen LogP contribution in [0.2, 0.25) is 5.02 Å². The predicted molar refractivity (Wildman–Crippen MR) is 72.9 cm³/mol. The lowest BCUT2D eigenvalue weighted by Crippen LogP contribution is -2.29. The molecule has 1 aromatic carbocycles. The Morgan fingerprint density at radius 3 is 2.85 bits per heavy atom. The maximum Gasteiger partial charge on any atom is 0.308 e. The highest BCUT2D eigenvalue weighted by Crippen LogP contribution is 2.28. The van der Waals surface area contributed by atoms with E-state index in [1.54, 1.807) is 18.2 Å². The van der Waals surface area contributed by atoms with Crippen molar-refractivity contribution < 1.29 is 19.1 Å². The number of furan rings is 1. The van der Waals surface area contributed by atoms with Crippen LogP contribution >= 0.6 is 11.6 Å². The Labute approximate surface area is 119 Å². The average molecular weight is 294 g/mol. The minimum Gasteiger partial charge on any atom is -0.481 e. The zero-order valence-corrected chi connectivity index (χ0v) is 11.3. The van der Waals surface area contributed by atoms with Crippen molar-refractivity contribution in [3.05, 3.63) is 35.0 Å². The van der Waals surface area contributed by atoms with E-state index in [2.05, 4.69) is 0 Å². The number of aliphatic carboxylic acids is 1. The monoisotopic (exact) mass is 293 g/mol. The fourth-order valence-corrected chi connectivity index (χ4v) is 2.66. The van der Waals surface area contributed by atoms with Crippen LogP contribution in [0.25, 0.3) is 11.0 Å². The van der Waals surface area contributed by atoms with Gasteiger partial charge in [-0.15, -0.1) is 0 Å². The fraction of sp³-hybridized carbons (Fsp3) is 0.286. The van der Waals surface area contributed by atoms with Crippen molar-refractivity contribution >= 4 is 34.4 Å². The lowest BCUT2D eigenvalue weighted by atomic mass is 10.1. The van der Waals surface area contributed by atoms with Gasteiger partial charge in [-0.05, 0) is 18.6 Å². The van der Waals surface area contributed by atoms with Gasteiger partial charge >= 0.3 is 5.97 Å².